The van der Waals surface area contributed by atoms with Gasteiger partial charge in [-0.1, -0.05) is 0 Å². The van der Waals surface area contributed by atoms with Crippen molar-refractivity contribution < 1.29 is 24.2 Å². The SMILES string of the molecule is CC(C)(C)OC(=O)N1CCCCNCC(=O)N(CC(=O)O)C1. The minimum atomic E-state index is -1.12. The number of carboxylic acid groups (broad SMARTS) is 1. The van der Waals surface area contributed by atoms with Crippen molar-refractivity contribution in [2.75, 3.05) is 32.8 Å². The van der Waals surface area contributed by atoms with E-state index in [9.17, 15) is 14.4 Å². The van der Waals surface area contributed by atoms with Gasteiger partial charge in [0, 0.05) is 6.54 Å². The van der Waals surface area contributed by atoms with Gasteiger partial charge in [-0.05, 0) is 40.2 Å². The summed E-state index contributed by atoms with van der Waals surface area (Å²) in [6.07, 6.45) is 1.04. The lowest BCUT2D eigenvalue weighted by Crippen LogP contribution is -2.50. The summed E-state index contributed by atoms with van der Waals surface area (Å²) in [7, 11) is 0. The van der Waals surface area contributed by atoms with E-state index < -0.39 is 24.2 Å². The smallest absolute Gasteiger partial charge is 0.411 e. The molecule has 0 saturated carbocycles. The van der Waals surface area contributed by atoms with Gasteiger partial charge in [-0.15, -0.1) is 0 Å². The molecule has 8 nitrogen and oxygen atoms in total. The Bertz CT molecular complexity index is 419. The van der Waals surface area contributed by atoms with Gasteiger partial charge < -0.3 is 20.1 Å². The zero-order valence-corrected chi connectivity index (χ0v) is 13.4. The van der Waals surface area contributed by atoms with E-state index in [1.807, 2.05) is 0 Å². The molecule has 8 heteroatoms. The summed E-state index contributed by atoms with van der Waals surface area (Å²) < 4.78 is 5.32. The van der Waals surface area contributed by atoms with Crippen LogP contribution in [0.3, 0.4) is 0 Å². The maximum absolute atomic E-state index is 12.2. The van der Waals surface area contributed by atoms with Crippen molar-refractivity contribution >= 4 is 18.0 Å². The summed E-state index contributed by atoms with van der Waals surface area (Å²) in [5.74, 6) is -1.47. The van der Waals surface area contributed by atoms with Gasteiger partial charge >= 0.3 is 12.1 Å². The summed E-state index contributed by atoms with van der Waals surface area (Å²) in [6.45, 7) is 5.88. The summed E-state index contributed by atoms with van der Waals surface area (Å²) in [5, 5.41) is 11.9. The first-order valence-corrected chi connectivity index (χ1v) is 7.37. The van der Waals surface area contributed by atoms with Gasteiger partial charge in [-0.2, -0.15) is 0 Å². The molecule has 1 aliphatic heterocycles. The van der Waals surface area contributed by atoms with Crippen LogP contribution in [0.4, 0.5) is 4.79 Å². The first-order valence-electron chi connectivity index (χ1n) is 7.37. The van der Waals surface area contributed by atoms with Crippen LogP contribution >= 0.6 is 0 Å². The van der Waals surface area contributed by atoms with Crippen LogP contribution in [0, 0.1) is 0 Å². The number of ether oxygens (including phenoxy) is 1. The van der Waals surface area contributed by atoms with Crippen molar-refractivity contribution in [3.05, 3.63) is 0 Å². The standard InChI is InChI=1S/C14H25N3O5/c1-14(2,3)22-13(21)16-7-5-4-6-15-8-11(18)17(10-16)9-12(19)20/h15H,4-10H2,1-3H3,(H,19,20). The molecule has 0 spiro atoms. The monoisotopic (exact) mass is 315 g/mol. The Morgan fingerprint density at radius 1 is 1.32 bits per heavy atom. The summed E-state index contributed by atoms with van der Waals surface area (Å²) in [5.41, 5.74) is -0.643. The van der Waals surface area contributed by atoms with Crippen molar-refractivity contribution in [2.45, 2.75) is 39.2 Å². The molecule has 1 heterocycles. The highest BCUT2D eigenvalue weighted by molar-refractivity contribution is 5.83. The predicted molar refractivity (Wildman–Crippen MR) is 79.3 cm³/mol. The van der Waals surface area contributed by atoms with E-state index >= 15 is 0 Å². The molecular weight excluding hydrogens is 290 g/mol. The van der Waals surface area contributed by atoms with E-state index in [2.05, 4.69) is 5.32 Å². The Morgan fingerprint density at radius 2 is 2.00 bits per heavy atom. The fourth-order valence-electron chi connectivity index (χ4n) is 1.99. The van der Waals surface area contributed by atoms with Gasteiger partial charge in [-0.3, -0.25) is 14.5 Å². The maximum Gasteiger partial charge on any atom is 0.411 e. The molecule has 126 valence electrons. The molecule has 1 rings (SSSR count). The molecule has 1 fully saturated rings. The Balaban J connectivity index is 2.83. The second kappa shape index (κ2) is 7.98. The van der Waals surface area contributed by atoms with Crippen molar-refractivity contribution in [3.8, 4) is 0 Å². The molecular formula is C14H25N3O5. The number of amides is 2. The van der Waals surface area contributed by atoms with Gasteiger partial charge in [0.05, 0.1) is 13.2 Å². The number of aliphatic carboxylic acids is 1. The van der Waals surface area contributed by atoms with Gasteiger partial charge in [0.25, 0.3) is 0 Å². The zero-order valence-electron chi connectivity index (χ0n) is 13.4. The molecule has 0 radical (unpaired) electrons. The molecule has 1 aliphatic rings. The zero-order chi connectivity index (χ0) is 16.8. The summed E-state index contributed by atoms with van der Waals surface area (Å²) in [6, 6.07) is 0. The first kappa shape index (κ1) is 18.2. The van der Waals surface area contributed by atoms with E-state index in [0.29, 0.717) is 13.1 Å². The van der Waals surface area contributed by atoms with Crippen LogP contribution in [0.1, 0.15) is 33.6 Å². The molecule has 0 atom stereocenters. The van der Waals surface area contributed by atoms with E-state index in [4.69, 9.17) is 9.84 Å². The second-order valence-corrected chi connectivity index (χ2v) is 6.25. The molecule has 1 saturated heterocycles. The third kappa shape index (κ3) is 6.75. The quantitative estimate of drug-likeness (QED) is 0.769. The number of rotatable bonds is 2. The topological polar surface area (TPSA) is 99.2 Å². The van der Waals surface area contributed by atoms with E-state index in [1.165, 1.54) is 4.90 Å². The Labute approximate surface area is 130 Å². The second-order valence-electron chi connectivity index (χ2n) is 6.25. The third-order valence-corrected chi connectivity index (χ3v) is 2.98. The first-order chi connectivity index (χ1) is 10.2. The van der Waals surface area contributed by atoms with Gasteiger partial charge in [0.2, 0.25) is 5.91 Å². The van der Waals surface area contributed by atoms with Gasteiger partial charge in [-0.25, -0.2) is 4.79 Å². The van der Waals surface area contributed by atoms with Crippen molar-refractivity contribution in [1.82, 2.24) is 15.1 Å². The minimum absolute atomic E-state index is 0.0649. The minimum Gasteiger partial charge on any atom is -0.480 e. The van der Waals surface area contributed by atoms with Crippen LogP contribution in [-0.4, -0.2) is 71.3 Å². The van der Waals surface area contributed by atoms with Crippen molar-refractivity contribution in [1.29, 1.82) is 0 Å². The maximum atomic E-state index is 12.2. The fraction of sp³-hybridized carbons (Fsp3) is 0.786. The van der Waals surface area contributed by atoms with Crippen molar-refractivity contribution in [2.24, 2.45) is 0 Å². The van der Waals surface area contributed by atoms with Gasteiger partial charge in [0.15, 0.2) is 0 Å². The average molecular weight is 315 g/mol. The van der Waals surface area contributed by atoms with E-state index in [1.54, 1.807) is 20.8 Å². The molecule has 0 aromatic heterocycles. The Kier molecular flexibility index (Phi) is 6.61. The summed E-state index contributed by atoms with van der Waals surface area (Å²) in [4.78, 5) is 37.7. The lowest BCUT2D eigenvalue weighted by atomic mass is 10.2. The molecule has 22 heavy (non-hydrogen) atoms. The Morgan fingerprint density at radius 3 is 2.59 bits per heavy atom. The number of hydrogen-bond donors (Lipinski definition) is 2. The fourth-order valence-corrected chi connectivity index (χ4v) is 1.99. The number of nitrogens with one attached hydrogen (secondary N) is 1. The normalized spacial score (nSPS) is 18.0. The third-order valence-electron chi connectivity index (χ3n) is 2.98. The van der Waals surface area contributed by atoms with E-state index in [-0.39, 0.29) is 19.1 Å². The van der Waals surface area contributed by atoms with Crippen LogP contribution < -0.4 is 5.32 Å². The highest BCUT2D eigenvalue weighted by Gasteiger charge is 2.26. The number of carbonyl (C=O) groups is 3. The van der Waals surface area contributed by atoms with Crippen molar-refractivity contribution in [3.63, 3.8) is 0 Å². The molecule has 0 unspecified atom stereocenters. The highest BCUT2D eigenvalue weighted by Crippen LogP contribution is 2.11. The molecule has 0 aromatic carbocycles. The molecule has 2 N–H and O–H groups in total. The molecule has 0 aromatic rings. The highest BCUT2D eigenvalue weighted by atomic mass is 16.6. The summed E-state index contributed by atoms with van der Waals surface area (Å²) >= 11 is 0. The van der Waals surface area contributed by atoms with E-state index in [0.717, 1.165) is 17.7 Å². The van der Waals surface area contributed by atoms with Crippen LogP contribution in [-0.2, 0) is 14.3 Å². The lowest BCUT2D eigenvalue weighted by Gasteiger charge is -2.32. The number of hydrogen-bond acceptors (Lipinski definition) is 5. The molecule has 0 bridgehead atoms. The lowest BCUT2D eigenvalue weighted by molar-refractivity contribution is -0.145. The van der Waals surface area contributed by atoms with Crippen LogP contribution in [0.2, 0.25) is 0 Å². The van der Waals surface area contributed by atoms with Crippen LogP contribution in [0.15, 0.2) is 0 Å². The molecule has 0 aliphatic carbocycles. The predicted octanol–water partition coefficient (Wildman–Crippen LogP) is 0.478. The largest absolute Gasteiger partial charge is 0.480 e. The average Bonchev–Trinajstić information content (AvgIpc) is 2.37. The number of carbonyl (C=O) groups excluding carboxylic acids is 2. The van der Waals surface area contributed by atoms with Crippen LogP contribution in [0.25, 0.3) is 0 Å². The number of nitrogens with zero attached hydrogens (tertiary/aromatic N) is 2. The number of carboxylic acids is 1. The van der Waals surface area contributed by atoms with Crippen LogP contribution in [0.5, 0.6) is 0 Å². The molecule has 2 amide bonds. The van der Waals surface area contributed by atoms with Gasteiger partial charge in [0.1, 0.15) is 12.1 Å². The Hall–Kier alpha value is -1.83.